The molecule has 4 aromatic rings. The molecule has 134 valence electrons. The van der Waals surface area contributed by atoms with Crippen molar-refractivity contribution in [3.8, 4) is 23.0 Å². The summed E-state index contributed by atoms with van der Waals surface area (Å²) in [5.41, 5.74) is 5.29. The minimum atomic E-state index is 0.429. The van der Waals surface area contributed by atoms with Gasteiger partial charge in [-0.1, -0.05) is 17.3 Å². The first-order valence-corrected chi connectivity index (χ1v) is 8.54. The lowest BCUT2D eigenvalue weighted by atomic mass is 10.2. The molecule has 0 aliphatic carbocycles. The van der Waals surface area contributed by atoms with Crippen LogP contribution >= 0.6 is 0 Å². The Labute approximate surface area is 156 Å². The summed E-state index contributed by atoms with van der Waals surface area (Å²) in [6, 6.07) is 13.4. The van der Waals surface area contributed by atoms with Crippen molar-refractivity contribution in [2.45, 2.75) is 20.8 Å². The van der Waals surface area contributed by atoms with E-state index in [9.17, 15) is 0 Å². The Hall–Kier alpha value is -3.61. The molecular weight excluding hydrogens is 340 g/mol. The molecule has 7 nitrogen and oxygen atoms in total. The quantitative estimate of drug-likeness (QED) is 0.583. The SMILES string of the molecule is Cc1ccnc(Nc2cccc(-c3nc(-c4ccc(C)c(C)n4)no3)c2)n1. The highest BCUT2D eigenvalue weighted by molar-refractivity contribution is 5.65. The number of aryl methyl sites for hydroxylation is 3. The van der Waals surface area contributed by atoms with Gasteiger partial charge in [-0.3, -0.25) is 0 Å². The predicted molar refractivity (Wildman–Crippen MR) is 102 cm³/mol. The van der Waals surface area contributed by atoms with Gasteiger partial charge in [-0.2, -0.15) is 4.98 Å². The molecule has 27 heavy (non-hydrogen) atoms. The molecule has 0 saturated heterocycles. The van der Waals surface area contributed by atoms with E-state index in [0.29, 0.717) is 23.4 Å². The number of aromatic nitrogens is 5. The number of pyridine rings is 1. The van der Waals surface area contributed by atoms with E-state index in [1.54, 1.807) is 6.20 Å². The summed E-state index contributed by atoms with van der Waals surface area (Å²) >= 11 is 0. The van der Waals surface area contributed by atoms with Crippen molar-refractivity contribution in [2.75, 3.05) is 5.32 Å². The van der Waals surface area contributed by atoms with Crippen molar-refractivity contribution in [1.29, 1.82) is 0 Å². The highest BCUT2D eigenvalue weighted by Crippen LogP contribution is 2.25. The third-order valence-electron chi connectivity index (χ3n) is 4.17. The van der Waals surface area contributed by atoms with Gasteiger partial charge in [-0.15, -0.1) is 0 Å². The number of hydrogen-bond donors (Lipinski definition) is 1. The van der Waals surface area contributed by atoms with Crippen molar-refractivity contribution in [2.24, 2.45) is 0 Å². The minimum Gasteiger partial charge on any atom is -0.334 e. The molecule has 4 rings (SSSR count). The Kier molecular flexibility index (Phi) is 4.33. The lowest BCUT2D eigenvalue weighted by molar-refractivity contribution is 0.432. The standard InChI is InChI=1S/C20H18N6O/c1-12-7-8-17(23-14(12)3)18-25-19(27-26-18)15-5-4-6-16(11-15)24-20-21-10-9-13(2)22-20/h4-11H,1-3H3,(H,21,22,24). The molecule has 0 fully saturated rings. The van der Waals surface area contributed by atoms with Crippen LogP contribution in [-0.4, -0.2) is 25.1 Å². The van der Waals surface area contributed by atoms with Crippen molar-refractivity contribution in [3.05, 3.63) is 65.6 Å². The number of hydrogen-bond acceptors (Lipinski definition) is 7. The monoisotopic (exact) mass is 358 g/mol. The van der Waals surface area contributed by atoms with Crippen molar-refractivity contribution in [3.63, 3.8) is 0 Å². The Bertz CT molecular complexity index is 1110. The van der Waals surface area contributed by atoms with Gasteiger partial charge in [-0.05, 0) is 56.7 Å². The van der Waals surface area contributed by atoms with Crippen LogP contribution in [0.15, 0.2) is 53.2 Å². The molecule has 0 aliphatic heterocycles. The largest absolute Gasteiger partial charge is 0.334 e. The number of nitrogens with zero attached hydrogens (tertiary/aromatic N) is 5. The van der Waals surface area contributed by atoms with Crippen LogP contribution in [-0.2, 0) is 0 Å². The number of anilines is 2. The van der Waals surface area contributed by atoms with E-state index in [4.69, 9.17) is 4.52 Å². The molecule has 0 atom stereocenters. The van der Waals surface area contributed by atoms with Crippen LogP contribution in [0.1, 0.15) is 17.0 Å². The average molecular weight is 358 g/mol. The Morgan fingerprint density at radius 3 is 2.63 bits per heavy atom. The number of nitrogens with one attached hydrogen (secondary N) is 1. The number of rotatable bonds is 4. The highest BCUT2D eigenvalue weighted by Gasteiger charge is 2.13. The van der Waals surface area contributed by atoms with Gasteiger partial charge in [0.15, 0.2) is 0 Å². The lowest BCUT2D eigenvalue weighted by Gasteiger charge is -2.05. The molecule has 0 radical (unpaired) electrons. The summed E-state index contributed by atoms with van der Waals surface area (Å²) in [5, 5.41) is 7.25. The molecule has 0 aliphatic rings. The summed E-state index contributed by atoms with van der Waals surface area (Å²) in [5.74, 6) is 1.44. The zero-order chi connectivity index (χ0) is 18.8. The van der Waals surface area contributed by atoms with Crippen molar-refractivity contribution >= 4 is 11.6 Å². The molecule has 1 N–H and O–H groups in total. The highest BCUT2D eigenvalue weighted by atomic mass is 16.5. The summed E-state index contributed by atoms with van der Waals surface area (Å²) in [6.07, 6.45) is 1.72. The minimum absolute atomic E-state index is 0.429. The van der Waals surface area contributed by atoms with Crippen LogP contribution in [0.5, 0.6) is 0 Å². The molecule has 0 spiro atoms. The first-order valence-electron chi connectivity index (χ1n) is 8.54. The van der Waals surface area contributed by atoms with Crippen LogP contribution in [0.2, 0.25) is 0 Å². The van der Waals surface area contributed by atoms with E-state index in [-0.39, 0.29) is 0 Å². The molecule has 3 aromatic heterocycles. The third-order valence-corrected chi connectivity index (χ3v) is 4.17. The average Bonchev–Trinajstić information content (AvgIpc) is 3.14. The number of benzene rings is 1. The Morgan fingerprint density at radius 2 is 1.81 bits per heavy atom. The second-order valence-electron chi connectivity index (χ2n) is 6.25. The lowest BCUT2D eigenvalue weighted by Crippen LogP contribution is -1.97. The normalized spacial score (nSPS) is 10.8. The maximum atomic E-state index is 5.44. The predicted octanol–water partition coefficient (Wildman–Crippen LogP) is 4.26. The van der Waals surface area contributed by atoms with E-state index in [0.717, 1.165) is 28.2 Å². The Balaban J connectivity index is 1.61. The zero-order valence-electron chi connectivity index (χ0n) is 15.3. The molecule has 7 heteroatoms. The summed E-state index contributed by atoms with van der Waals surface area (Å²) in [4.78, 5) is 17.6. The van der Waals surface area contributed by atoms with E-state index in [1.165, 1.54) is 0 Å². The fraction of sp³-hybridized carbons (Fsp3) is 0.150. The van der Waals surface area contributed by atoms with Crippen LogP contribution in [0, 0.1) is 20.8 Å². The topological polar surface area (TPSA) is 89.6 Å². The summed E-state index contributed by atoms with van der Waals surface area (Å²) < 4.78 is 5.44. The van der Waals surface area contributed by atoms with Gasteiger partial charge in [-0.25, -0.2) is 15.0 Å². The van der Waals surface area contributed by atoms with Crippen molar-refractivity contribution < 1.29 is 4.52 Å². The second-order valence-corrected chi connectivity index (χ2v) is 6.25. The van der Waals surface area contributed by atoms with Gasteiger partial charge >= 0.3 is 0 Å². The van der Waals surface area contributed by atoms with Crippen molar-refractivity contribution in [1.82, 2.24) is 25.1 Å². The molecule has 1 aromatic carbocycles. The first kappa shape index (κ1) is 16.8. The second kappa shape index (κ2) is 6.95. The molecule has 0 saturated carbocycles. The molecule has 0 amide bonds. The van der Waals surface area contributed by atoms with Crippen LogP contribution < -0.4 is 5.32 Å². The van der Waals surface area contributed by atoms with E-state index in [1.807, 2.05) is 63.2 Å². The summed E-state index contributed by atoms with van der Waals surface area (Å²) in [7, 11) is 0. The van der Waals surface area contributed by atoms with Crippen LogP contribution in [0.4, 0.5) is 11.6 Å². The maximum Gasteiger partial charge on any atom is 0.258 e. The van der Waals surface area contributed by atoms with Gasteiger partial charge in [0, 0.05) is 28.8 Å². The van der Waals surface area contributed by atoms with Gasteiger partial charge in [0.2, 0.25) is 11.8 Å². The summed E-state index contributed by atoms with van der Waals surface area (Å²) in [6.45, 7) is 5.90. The van der Waals surface area contributed by atoms with E-state index in [2.05, 4.69) is 30.4 Å². The maximum absolute atomic E-state index is 5.44. The Morgan fingerprint density at radius 1 is 0.926 bits per heavy atom. The fourth-order valence-electron chi connectivity index (χ4n) is 2.57. The van der Waals surface area contributed by atoms with Gasteiger partial charge in [0.1, 0.15) is 5.69 Å². The molecule has 3 heterocycles. The van der Waals surface area contributed by atoms with Gasteiger partial charge in [0.05, 0.1) is 0 Å². The first-order chi connectivity index (χ1) is 13.1. The van der Waals surface area contributed by atoms with E-state index < -0.39 is 0 Å². The third kappa shape index (κ3) is 3.67. The smallest absolute Gasteiger partial charge is 0.258 e. The molecule has 0 bridgehead atoms. The molecule has 0 unspecified atom stereocenters. The molecular formula is C20H18N6O. The van der Waals surface area contributed by atoms with Crippen LogP contribution in [0.3, 0.4) is 0 Å². The van der Waals surface area contributed by atoms with E-state index >= 15 is 0 Å². The van der Waals surface area contributed by atoms with Gasteiger partial charge in [0.25, 0.3) is 5.89 Å². The van der Waals surface area contributed by atoms with Crippen LogP contribution in [0.25, 0.3) is 23.0 Å². The van der Waals surface area contributed by atoms with Gasteiger partial charge < -0.3 is 9.84 Å². The fourth-order valence-corrected chi connectivity index (χ4v) is 2.57. The zero-order valence-corrected chi connectivity index (χ0v) is 15.3.